The largest absolute Gasteiger partial charge is 0.296 e. The molecule has 1 rings (SSSR count). The lowest BCUT2D eigenvalue weighted by Crippen LogP contribution is -2.58. The Labute approximate surface area is 87.1 Å². The summed E-state index contributed by atoms with van der Waals surface area (Å²) in [6.07, 6.45) is 0. The van der Waals surface area contributed by atoms with E-state index in [0.717, 1.165) is 26.2 Å². The molecule has 84 valence electrons. The molecule has 0 aliphatic carbocycles. The van der Waals surface area contributed by atoms with E-state index in [1.807, 2.05) is 0 Å². The zero-order valence-corrected chi connectivity index (χ0v) is 9.89. The molecule has 1 fully saturated rings. The lowest BCUT2D eigenvalue weighted by molar-refractivity contribution is 0.0159. The maximum absolute atomic E-state index is 12.8. The zero-order valence-electron chi connectivity index (χ0n) is 9.89. The van der Waals surface area contributed by atoms with Gasteiger partial charge in [-0.1, -0.05) is 6.92 Å². The summed E-state index contributed by atoms with van der Waals surface area (Å²) in [6, 6.07) is 0.105. The predicted octanol–water partition coefficient (Wildman–Crippen LogP) is 1.76. The number of likely N-dealkylation sites (N-methyl/N-ethyl adjacent to an activating group) is 1. The van der Waals surface area contributed by atoms with Gasteiger partial charge in [0.05, 0.1) is 6.04 Å². The maximum atomic E-state index is 12.8. The van der Waals surface area contributed by atoms with Crippen molar-refractivity contribution in [3.63, 3.8) is 0 Å². The molecule has 0 aromatic rings. The average molecular weight is 202 g/mol. The Morgan fingerprint density at radius 2 is 1.93 bits per heavy atom. The third-order valence-corrected chi connectivity index (χ3v) is 3.14. The number of hydrogen-bond acceptors (Lipinski definition) is 2. The van der Waals surface area contributed by atoms with Crippen molar-refractivity contribution in [3.05, 3.63) is 0 Å². The molecule has 0 saturated carbocycles. The molecule has 1 unspecified atom stereocenters. The van der Waals surface area contributed by atoms with Gasteiger partial charge >= 0.3 is 0 Å². The van der Waals surface area contributed by atoms with Crippen molar-refractivity contribution in [2.45, 2.75) is 39.3 Å². The van der Waals surface area contributed by atoms with Gasteiger partial charge in [-0.2, -0.15) is 0 Å². The monoisotopic (exact) mass is 202 g/mol. The summed E-state index contributed by atoms with van der Waals surface area (Å²) in [5, 5.41) is 0. The number of halogens is 1. The van der Waals surface area contributed by atoms with Crippen LogP contribution in [0.25, 0.3) is 0 Å². The first kappa shape index (κ1) is 11.9. The molecular formula is C11H23FN2. The Bertz CT molecular complexity index is 177. The summed E-state index contributed by atoms with van der Waals surface area (Å²) in [5.74, 6) is 0. The molecule has 1 heterocycles. The lowest BCUT2D eigenvalue weighted by atomic mass is 10.0. The van der Waals surface area contributed by atoms with Crippen LogP contribution < -0.4 is 0 Å². The van der Waals surface area contributed by atoms with Crippen molar-refractivity contribution in [2.24, 2.45) is 0 Å². The van der Waals surface area contributed by atoms with E-state index >= 15 is 0 Å². The summed E-state index contributed by atoms with van der Waals surface area (Å²) < 4.78 is 12.8. The average Bonchev–Trinajstić information content (AvgIpc) is 2.15. The smallest absolute Gasteiger partial charge is 0.106 e. The van der Waals surface area contributed by atoms with Gasteiger partial charge in [-0.15, -0.1) is 0 Å². The molecule has 2 nitrogen and oxygen atoms in total. The van der Waals surface area contributed by atoms with E-state index < -0.39 is 0 Å². The number of rotatable bonds is 2. The molecule has 0 aromatic heterocycles. The number of nitrogens with zero attached hydrogens (tertiary/aromatic N) is 2. The molecule has 0 radical (unpaired) electrons. The minimum Gasteiger partial charge on any atom is -0.296 e. The second-order valence-corrected chi connectivity index (χ2v) is 5.05. The third kappa shape index (κ3) is 2.67. The summed E-state index contributed by atoms with van der Waals surface area (Å²) in [6.45, 7) is 12.4. The fourth-order valence-corrected chi connectivity index (χ4v) is 2.06. The van der Waals surface area contributed by atoms with Crippen molar-refractivity contribution in [1.82, 2.24) is 9.80 Å². The van der Waals surface area contributed by atoms with E-state index in [1.165, 1.54) is 0 Å². The molecule has 14 heavy (non-hydrogen) atoms. The van der Waals surface area contributed by atoms with E-state index in [0.29, 0.717) is 0 Å². The highest BCUT2D eigenvalue weighted by Gasteiger charge is 2.31. The third-order valence-electron chi connectivity index (χ3n) is 3.14. The normalized spacial score (nSPS) is 26.8. The van der Waals surface area contributed by atoms with E-state index in [9.17, 15) is 4.39 Å². The molecule has 0 amide bonds. The van der Waals surface area contributed by atoms with Crippen LogP contribution >= 0.6 is 0 Å². The highest BCUT2D eigenvalue weighted by atomic mass is 19.1. The van der Waals surface area contributed by atoms with Crippen LogP contribution in [0.4, 0.5) is 4.39 Å². The second kappa shape index (κ2) is 4.58. The van der Waals surface area contributed by atoms with Crippen LogP contribution in [0.2, 0.25) is 0 Å². The van der Waals surface area contributed by atoms with E-state index in [1.54, 1.807) is 0 Å². The van der Waals surface area contributed by atoms with Crippen LogP contribution in [-0.2, 0) is 0 Å². The molecule has 3 heteroatoms. The minimum atomic E-state index is -0.222. The first-order chi connectivity index (χ1) is 6.49. The van der Waals surface area contributed by atoms with Crippen LogP contribution in [0.3, 0.4) is 0 Å². The molecule has 0 aromatic carbocycles. The Kier molecular flexibility index (Phi) is 3.90. The zero-order chi connectivity index (χ0) is 10.8. The van der Waals surface area contributed by atoms with Gasteiger partial charge in [-0.25, -0.2) is 4.39 Å². The van der Waals surface area contributed by atoms with Crippen molar-refractivity contribution in [3.8, 4) is 0 Å². The number of hydrogen-bond donors (Lipinski definition) is 0. The van der Waals surface area contributed by atoms with Gasteiger partial charge < -0.3 is 0 Å². The van der Waals surface area contributed by atoms with Crippen LogP contribution in [0, 0.1) is 0 Å². The highest BCUT2D eigenvalue weighted by Crippen LogP contribution is 2.19. The Balaban J connectivity index is 2.57. The molecule has 0 N–H and O–H groups in total. The molecule has 0 spiro atoms. The fourth-order valence-electron chi connectivity index (χ4n) is 2.06. The number of alkyl halides is 1. The van der Waals surface area contributed by atoms with E-state index in [2.05, 4.69) is 37.5 Å². The van der Waals surface area contributed by atoms with Gasteiger partial charge in [0.15, 0.2) is 0 Å². The Hall–Kier alpha value is -0.150. The van der Waals surface area contributed by atoms with Gasteiger partial charge in [0.25, 0.3) is 0 Å². The van der Waals surface area contributed by atoms with Gasteiger partial charge in [0.1, 0.15) is 6.67 Å². The predicted molar refractivity (Wildman–Crippen MR) is 58.3 cm³/mol. The van der Waals surface area contributed by atoms with Gasteiger partial charge in [0, 0.05) is 25.2 Å². The highest BCUT2D eigenvalue weighted by molar-refractivity contribution is 4.87. The van der Waals surface area contributed by atoms with Crippen LogP contribution in [0.1, 0.15) is 27.7 Å². The molecule has 1 atom stereocenters. The van der Waals surface area contributed by atoms with Crippen molar-refractivity contribution >= 4 is 0 Å². The van der Waals surface area contributed by atoms with E-state index in [4.69, 9.17) is 0 Å². The minimum absolute atomic E-state index is 0.105. The molecule has 1 saturated heterocycles. The van der Waals surface area contributed by atoms with Crippen molar-refractivity contribution in [1.29, 1.82) is 0 Å². The van der Waals surface area contributed by atoms with Crippen molar-refractivity contribution < 1.29 is 4.39 Å². The lowest BCUT2D eigenvalue weighted by Gasteiger charge is -2.45. The molecule has 1 aliphatic heterocycles. The first-order valence-electron chi connectivity index (χ1n) is 5.54. The van der Waals surface area contributed by atoms with E-state index in [-0.39, 0.29) is 18.3 Å². The maximum Gasteiger partial charge on any atom is 0.106 e. The summed E-state index contributed by atoms with van der Waals surface area (Å²) in [7, 11) is 0. The van der Waals surface area contributed by atoms with Gasteiger partial charge in [-0.05, 0) is 27.3 Å². The van der Waals surface area contributed by atoms with Crippen LogP contribution in [0.5, 0.6) is 0 Å². The summed E-state index contributed by atoms with van der Waals surface area (Å²) >= 11 is 0. The molecule has 0 bridgehead atoms. The van der Waals surface area contributed by atoms with Crippen molar-refractivity contribution in [2.75, 3.05) is 32.9 Å². The number of piperazine rings is 1. The topological polar surface area (TPSA) is 6.48 Å². The molecular weight excluding hydrogens is 179 g/mol. The SMILES string of the molecule is CCN1CCN(C(C)(C)C)CC1CF. The standard InChI is InChI=1S/C11H23FN2/c1-5-13-6-7-14(11(2,3)4)9-10(13)8-12/h10H,5-9H2,1-4H3. The van der Waals surface area contributed by atoms with Gasteiger partial charge in [-0.3, -0.25) is 9.80 Å². The first-order valence-corrected chi connectivity index (χ1v) is 5.54. The second-order valence-electron chi connectivity index (χ2n) is 5.05. The Morgan fingerprint density at radius 1 is 1.29 bits per heavy atom. The molecule has 1 aliphatic rings. The quantitative estimate of drug-likeness (QED) is 0.673. The summed E-state index contributed by atoms with van der Waals surface area (Å²) in [4.78, 5) is 4.62. The van der Waals surface area contributed by atoms with Crippen LogP contribution in [-0.4, -0.2) is 54.2 Å². The fraction of sp³-hybridized carbons (Fsp3) is 1.00. The van der Waals surface area contributed by atoms with Crippen LogP contribution in [0.15, 0.2) is 0 Å². The summed E-state index contributed by atoms with van der Waals surface area (Å²) in [5.41, 5.74) is 0.174. The van der Waals surface area contributed by atoms with Gasteiger partial charge in [0.2, 0.25) is 0 Å². The Morgan fingerprint density at radius 3 is 2.36 bits per heavy atom.